The zero-order valence-corrected chi connectivity index (χ0v) is 149. The van der Waals surface area contributed by atoms with Crippen LogP contribution in [0.3, 0.4) is 0 Å². The van der Waals surface area contributed by atoms with Crippen molar-refractivity contribution in [3.8, 4) is 17.6 Å². The summed E-state index contributed by atoms with van der Waals surface area (Å²) in [5.74, 6) is 1.11. The molecule has 0 unspecified atom stereocenters. The van der Waals surface area contributed by atoms with E-state index in [1.54, 1.807) is 31.4 Å². The maximum atomic E-state index is 12.6. The van der Waals surface area contributed by atoms with Gasteiger partial charge >= 0.3 is 726 Å². The first-order valence-electron chi connectivity index (χ1n) is 14.1. The molecule has 0 aliphatic rings. The second-order valence-electron chi connectivity index (χ2n) is 8.60. The van der Waals surface area contributed by atoms with Gasteiger partial charge in [-0.3, -0.25) is 0 Å². The van der Waals surface area contributed by atoms with Crippen LogP contribution in [0, 0.1) is 17.1 Å². The molecule has 6 nitrogen and oxygen atoms in total. The molecular weight excluding hydrogens is 7150 g/mol. The summed E-state index contributed by atoms with van der Waals surface area (Å²) >= 11 is 91.9. The number of benzene rings is 2. The summed E-state index contributed by atoms with van der Waals surface area (Å²) in [6.45, 7) is 0. The van der Waals surface area contributed by atoms with Crippen LogP contribution in [0.15, 0.2) is 40.9 Å². The van der Waals surface area contributed by atoms with Crippen molar-refractivity contribution in [2.45, 2.75) is 0 Å². The Balaban J connectivity index is 0.00000103. The van der Waals surface area contributed by atoms with Gasteiger partial charge in [0.2, 0.25) is 0 Å². The van der Waals surface area contributed by atoms with Crippen LogP contribution in [0.2, 0.25) is 0 Å². The molecule has 2 N–H and O–H groups in total. The molecule has 0 atom stereocenters. The average molecular weight is 7170 g/mol. The number of rotatable bonds is 27. The van der Waals surface area contributed by atoms with E-state index in [1.807, 2.05) is 0 Å². The molecule has 496 valence electrons. The maximum absolute atomic E-state index is 12.6. The second-order valence-corrected chi connectivity index (χ2v) is 1280. The van der Waals surface area contributed by atoms with E-state index >= 15 is 0 Å². The van der Waals surface area contributed by atoms with Crippen molar-refractivity contribution in [1.29, 1.82) is 5.26 Å². The van der Waals surface area contributed by atoms with E-state index < -0.39 is 211 Å². The molecule has 0 fully saturated rings. The van der Waals surface area contributed by atoms with Crippen molar-refractivity contribution in [3.63, 3.8) is 0 Å². The van der Waals surface area contributed by atoms with Crippen LogP contribution in [0.4, 0.5) is 10.2 Å². The fraction of sp³-hybridized carbons (Fsp3) is 0.125. The monoisotopic (exact) mass is 7170 g/mol. The summed E-state index contributed by atoms with van der Waals surface area (Å²) in [4.78, 5) is 0. The van der Waals surface area contributed by atoms with Crippen LogP contribution < -0.4 is 15.2 Å². The van der Waals surface area contributed by atoms with Crippen molar-refractivity contribution in [1.82, 2.24) is 5.16 Å². The van der Waals surface area contributed by atoms with E-state index in [-0.39, 0.29) is 5.56 Å². The molecule has 0 aliphatic carbocycles. The number of hydrogen-bond donors (Lipinski definition) is 1. The van der Waals surface area contributed by atoms with Gasteiger partial charge in [-0.25, -0.2) is 4.39 Å². The van der Waals surface area contributed by atoms with E-state index in [4.69, 9.17) is 25.0 Å². The number of anilines is 1. The fourth-order valence-electron chi connectivity index (χ4n) is 2.52. The van der Waals surface area contributed by atoms with Gasteiger partial charge in [0.25, 0.3) is 0 Å². The van der Waals surface area contributed by atoms with Gasteiger partial charge < -0.3 is 19.7 Å². The predicted octanol–water partition coefficient (Wildman–Crippen LogP) is 51.0. The van der Waals surface area contributed by atoms with Gasteiger partial charge in [-0.1, -0.05) is 5.16 Å². The third kappa shape index (κ3) is 43.4. The molecular formula is C16H14FI54N3O3. The van der Waals surface area contributed by atoms with E-state index in [1.165, 1.54) is 25.3 Å². The van der Waals surface area contributed by atoms with Crippen LogP contribution >= 0.6 is 726 Å². The van der Waals surface area contributed by atoms with E-state index in [0.717, 1.165) is 11.1 Å². The number of ether oxygens (including phenoxy) is 2. The zero-order valence-electron chi connectivity index (χ0n) is 32.9. The Morgan fingerprint density at radius 1 is 0.403 bits per heavy atom. The van der Waals surface area contributed by atoms with Crippen molar-refractivity contribution < 1.29 is 18.4 Å². The van der Waals surface area contributed by atoms with Crippen molar-refractivity contribution in [2.75, 3.05) is 20.0 Å². The predicted molar refractivity (Wildman–Crippen MR) is 840 cm³/mol. The van der Waals surface area contributed by atoms with Gasteiger partial charge in [-0.2, -0.15) is 5.26 Å². The molecule has 0 spiro atoms. The molecule has 0 aliphatic heterocycles. The van der Waals surface area contributed by atoms with Gasteiger partial charge in [0.1, 0.15) is 23.4 Å². The molecule has 1 heterocycles. The Labute approximate surface area is 813 Å². The van der Waals surface area contributed by atoms with Gasteiger partial charge in [0.05, 0.1) is 25.2 Å². The van der Waals surface area contributed by atoms with Crippen LogP contribution in [0.1, 0.15) is 5.56 Å². The summed E-state index contributed by atoms with van der Waals surface area (Å²) in [5, 5.41) is 12.8. The molecule has 0 amide bonds. The van der Waals surface area contributed by atoms with Crippen molar-refractivity contribution >= 4 is 743 Å². The molecule has 2 aromatic carbocycles. The number of methoxy groups -OCH3 is 2. The molecule has 0 radical (unpaired) electrons. The van der Waals surface area contributed by atoms with Gasteiger partial charge in [0, 0.05) is 6.07 Å². The fourth-order valence-corrected chi connectivity index (χ4v) is 10100. The van der Waals surface area contributed by atoms with Crippen LogP contribution in [-0.4, -0.2) is 19.4 Å². The summed E-state index contributed by atoms with van der Waals surface area (Å²) in [5.41, 5.74) is 6.22. The van der Waals surface area contributed by atoms with Crippen LogP contribution in [0.25, 0.3) is 11.0 Å². The zero-order chi connectivity index (χ0) is 59.8. The second kappa shape index (κ2) is 64.9. The molecule has 61 heteroatoms. The standard InChI is InChI=1S/C8H6FNO.C8H8N2O2.I54/c1-11-7-2-3-8(9)6(4-7)5-10;1-11-5-2-3-7-6(4-5)8(9)10-12-7;1-29(2)31(5)33(7)35(9)37(11)39(13)41(15)43(17)45(19)47(21)49(23)51(25)53(27)54(28)52(26)50(24)48(22)46(20)44(18)42(16)40(14)38(12)36(10)34(8)32(6)30(3)4/h2-4H,1H3;2-4H,1H3,(H2,9,10);. The molecule has 77 heavy (non-hydrogen) atoms. The first-order chi connectivity index (χ1) is 35.6. The molecule has 0 bridgehead atoms. The van der Waals surface area contributed by atoms with Crippen LogP contribution in [-0.2, 0) is 0 Å². The molecule has 1 aromatic heterocycles. The first kappa shape index (κ1) is 111. The SMILES string of the molecule is COc1ccc(F)c(C#N)c1.COc1ccc2onc(N)c2c1.II(I)I(I)I(I)I(I)I(I)I(I)I(I)I(I)I(I)I(I)I(I)I(I)I(I)I(I)I(I)I(I)I(I)I(I)I(I)I(I)I(I)I(I)I(I)I(I)I(I)I(I)I. The Morgan fingerprint density at radius 3 is 0.870 bits per heavy atom. The van der Waals surface area contributed by atoms with Gasteiger partial charge in [-0.15, -0.1) is 0 Å². The minimum absolute atomic E-state index is 0.00403. The number of nitrogen functional groups attached to an aromatic ring is 1. The topological polar surface area (TPSA) is 94.3 Å². The van der Waals surface area contributed by atoms with Crippen molar-refractivity contribution in [3.05, 3.63) is 47.8 Å². The van der Waals surface area contributed by atoms with Gasteiger partial charge in [-0.05, 0) is 30.3 Å². The summed E-state index contributed by atoms with van der Waals surface area (Å²) in [6, 6.07) is 11.1. The molecule has 3 aromatic rings. The Bertz CT molecular complexity index is 2120. The minimum atomic E-state index is -0.588. The number of nitrogens with two attached hydrogens (primary N) is 1. The number of aromatic nitrogens is 1. The summed E-state index contributed by atoms with van der Waals surface area (Å²) in [7, 11) is -11.1. The molecule has 3 rings (SSSR count). The molecule has 0 saturated heterocycles. The Hall–Kier alpha value is 36.1. The number of nitriles is 1. The molecule has 0 saturated carbocycles. The quantitative estimate of drug-likeness (QED) is 0.0764. The summed E-state index contributed by atoms with van der Waals surface area (Å²) in [6.07, 6.45) is 0. The Morgan fingerprint density at radius 2 is 0.636 bits per heavy atom. The number of halogens is 55. The number of fused-ring (bicyclic) bond motifs is 1. The van der Waals surface area contributed by atoms with Gasteiger partial charge in [0.15, 0.2) is 11.4 Å². The normalized spacial score (nSPS) is 16.1. The number of hydrogen-bond acceptors (Lipinski definition) is 6. The van der Waals surface area contributed by atoms with Crippen molar-refractivity contribution in [2.24, 2.45) is 0 Å². The number of nitrogens with zero attached hydrogens (tertiary/aromatic N) is 2. The van der Waals surface area contributed by atoms with Crippen LogP contribution in [0.5, 0.6) is 11.5 Å². The third-order valence-corrected chi connectivity index (χ3v) is 4140. The average Bonchev–Trinajstić information content (AvgIpc) is 3.81. The first-order valence-corrected chi connectivity index (χ1v) is 347. The van der Waals surface area contributed by atoms with E-state index in [2.05, 4.69) is 526 Å². The summed E-state index contributed by atoms with van der Waals surface area (Å²) < 4.78 is 27.4. The van der Waals surface area contributed by atoms with E-state index in [0.29, 0.717) is 17.2 Å². The van der Waals surface area contributed by atoms with E-state index in [9.17, 15) is 4.39 Å². The Kier molecular flexibility index (Phi) is 93.6. The third-order valence-electron chi connectivity index (χ3n) is 5.04.